The Labute approximate surface area is 97.5 Å². The fraction of sp³-hybridized carbons (Fsp3) is 0.769. The number of cyclic esters (lactones) is 1. The Bertz CT molecular complexity index is 246. The van der Waals surface area contributed by atoms with Gasteiger partial charge in [-0.05, 0) is 38.2 Å². The normalized spacial score (nSPS) is 23.2. The molecule has 0 spiro atoms. The number of carbonyl (C=O) groups excluding carboxylic acids is 1. The minimum Gasteiger partial charge on any atom is -0.455 e. The largest absolute Gasteiger partial charge is 0.455 e. The van der Waals surface area contributed by atoms with E-state index in [2.05, 4.69) is 6.92 Å². The van der Waals surface area contributed by atoms with E-state index in [1.54, 1.807) is 0 Å². The fourth-order valence-corrected chi connectivity index (χ4v) is 1.80. The summed E-state index contributed by atoms with van der Waals surface area (Å²) in [5.41, 5.74) is 0. The summed E-state index contributed by atoms with van der Waals surface area (Å²) in [6.07, 6.45) is 8.47. The van der Waals surface area contributed by atoms with E-state index in [-0.39, 0.29) is 18.2 Å². The lowest BCUT2D eigenvalue weighted by Crippen LogP contribution is -2.12. The van der Waals surface area contributed by atoms with Gasteiger partial charge >= 0.3 is 5.97 Å². The van der Waals surface area contributed by atoms with Crippen LogP contribution in [0.15, 0.2) is 12.2 Å². The monoisotopic (exact) mass is 226 g/mol. The number of aliphatic hydroxyl groups is 1. The zero-order valence-electron chi connectivity index (χ0n) is 10.2. The number of hydrogen-bond acceptors (Lipinski definition) is 3. The molecule has 3 atom stereocenters. The lowest BCUT2D eigenvalue weighted by molar-refractivity contribution is -0.138. The lowest BCUT2D eigenvalue weighted by Gasteiger charge is -2.14. The topological polar surface area (TPSA) is 46.5 Å². The molecule has 1 N–H and O–H groups in total. The van der Waals surface area contributed by atoms with E-state index in [0.29, 0.717) is 5.92 Å². The molecule has 16 heavy (non-hydrogen) atoms. The summed E-state index contributed by atoms with van der Waals surface area (Å²) in [7, 11) is 0. The average molecular weight is 226 g/mol. The Morgan fingerprint density at radius 3 is 2.69 bits per heavy atom. The maximum Gasteiger partial charge on any atom is 0.331 e. The molecule has 0 aliphatic carbocycles. The molecule has 3 nitrogen and oxygen atoms in total. The number of carbonyl (C=O) groups is 1. The molecule has 0 fully saturated rings. The molecule has 0 saturated carbocycles. The number of unbranched alkanes of at least 4 members (excludes halogenated alkanes) is 2. The highest BCUT2D eigenvalue weighted by Crippen LogP contribution is 2.17. The fourth-order valence-electron chi connectivity index (χ4n) is 1.80. The molecule has 0 amide bonds. The maximum atomic E-state index is 10.8. The van der Waals surface area contributed by atoms with Crippen LogP contribution in [0.25, 0.3) is 0 Å². The molecule has 1 rings (SSSR count). The van der Waals surface area contributed by atoms with E-state index < -0.39 is 0 Å². The van der Waals surface area contributed by atoms with Crippen molar-refractivity contribution in [1.29, 1.82) is 0 Å². The number of aliphatic hydroxyl groups excluding tert-OH is 1. The van der Waals surface area contributed by atoms with E-state index >= 15 is 0 Å². The van der Waals surface area contributed by atoms with Crippen molar-refractivity contribution < 1.29 is 14.6 Å². The molecule has 1 aliphatic heterocycles. The molecule has 0 aromatic rings. The summed E-state index contributed by atoms with van der Waals surface area (Å²) < 4.78 is 5.04. The summed E-state index contributed by atoms with van der Waals surface area (Å²) >= 11 is 0. The van der Waals surface area contributed by atoms with Crippen molar-refractivity contribution >= 4 is 5.97 Å². The minimum atomic E-state index is -0.215. The van der Waals surface area contributed by atoms with Crippen molar-refractivity contribution in [2.24, 2.45) is 5.92 Å². The standard InChI is InChI=1S/C13H22O3/c1-10(11(2)14)6-4-3-5-7-12-8-9-13(15)16-12/h8-12,14H,3-7H2,1-2H3/t10-,11+,12+/m1/s1. The summed E-state index contributed by atoms with van der Waals surface area (Å²) in [4.78, 5) is 10.8. The first-order chi connectivity index (χ1) is 7.59. The number of rotatable bonds is 7. The second kappa shape index (κ2) is 6.69. The molecular formula is C13H22O3. The highest BCUT2D eigenvalue weighted by atomic mass is 16.5. The predicted molar refractivity (Wildman–Crippen MR) is 62.9 cm³/mol. The van der Waals surface area contributed by atoms with Crippen LogP contribution >= 0.6 is 0 Å². The van der Waals surface area contributed by atoms with Gasteiger partial charge < -0.3 is 9.84 Å². The lowest BCUT2D eigenvalue weighted by atomic mass is 9.98. The number of esters is 1. The van der Waals surface area contributed by atoms with Gasteiger partial charge in [-0.25, -0.2) is 4.79 Å². The third-order valence-electron chi connectivity index (χ3n) is 3.19. The minimum absolute atomic E-state index is 0.00156. The van der Waals surface area contributed by atoms with E-state index in [9.17, 15) is 9.90 Å². The van der Waals surface area contributed by atoms with Crippen LogP contribution in [0.1, 0.15) is 46.0 Å². The van der Waals surface area contributed by atoms with Crippen LogP contribution in [0.2, 0.25) is 0 Å². The summed E-state index contributed by atoms with van der Waals surface area (Å²) in [6.45, 7) is 3.92. The van der Waals surface area contributed by atoms with Crippen molar-refractivity contribution in [3.63, 3.8) is 0 Å². The van der Waals surface area contributed by atoms with Crippen molar-refractivity contribution in [2.75, 3.05) is 0 Å². The second-order valence-electron chi connectivity index (χ2n) is 4.69. The van der Waals surface area contributed by atoms with Gasteiger partial charge in [0.25, 0.3) is 0 Å². The van der Waals surface area contributed by atoms with Crippen molar-refractivity contribution in [3.05, 3.63) is 12.2 Å². The van der Waals surface area contributed by atoms with E-state index in [1.165, 1.54) is 6.08 Å². The molecule has 92 valence electrons. The quantitative estimate of drug-likeness (QED) is 0.535. The Kier molecular flexibility index (Phi) is 5.53. The summed E-state index contributed by atoms with van der Waals surface area (Å²) in [6, 6.07) is 0. The number of hydrogen-bond donors (Lipinski definition) is 1. The van der Waals surface area contributed by atoms with E-state index in [0.717, 1.165) is 32.1 Å². The van der Waals surface area contributed by atoms with Gasteiger partial charge in [-0.15, -0.1) is 0 Å². The van der Waals surface area contributed by atoms with Crippen LogP contribution in [0.4, 0.5) is 0 Å². The van der Waals surface area contributed by atoms with Gasteiger partial charge in [0.2, 0.25) is 0 Å². The second-order valence-corrected chi connectivity index (χ2v) is 4.69. The smallest absolute Gasteiger partial charge is 0.331 e. The van der Waals surface area contributed by atoms with Crippen LogP contribution in [-0.4, -0.2) is 23.3 Å². The first-order valence-corrected chi connectivity index (χ1v) is 6.16. The molecule has 3 heteroatoms. The zero-order chi connectivity index (χ0) is 12.0. The molecule has 0 bridgehead atoms. The van der Waals surface area contributed by atoms with Gasteiger partial charge in [-0.1, -0.05) is 19.8 Å². The highest BCUT2D eigenvalue weighted by molar-refractivity contribution is 5.84. The molecule has 1 heterocycles. The molecule has 0 unspecified atom stereocenters. The third-order valence-corrected chi connectivity index (χ3v) is 3.19. The van der Waals surface area contributed by atoms with Gasteiger partial charge in [-0.2, -0.15) is 0 Å². The first kappa shape index (κ1) is 13.2. The number of ether oxygens (including phenoxy) is 1. The van der Waals surface area contributed by atoms with Crippen molar-refractivity contribution in [2.45, 2.75) is 58.2 Å². The molecule has 0 aromatic heterocycles. The molecular weight excluding hydrogens is 204 g/mol. The van der Waals surface area contributed by atoms with Crippen LogP contribution in [0.3, 0.4) is 0 Å². The molecule has 1 aliphatic rings. The van der Waals surface area contributed by atoms with E-state index in [4.69, 9.17) is 4.74 Å². The van der Waals surface area contributed by atoms with Crippen LogP contribution < -0.4 is 0 Å². The van der Waals surface area contributed by atoms with Crippen LogP contribution in [0.5, 0.6) is 0 Å². The van der Waals surface area contributed by atoms with Gasteiger partial charge in [0.05, 0.1) is 6.10 Å². The SMILES string of the molecule is C[C@H](O)[C@H](C)CCCCC[C@H]1C=CC(=O)O1. The van der Waals surface area contributed by atoms with Gasteiger partial charge in [0.1, 0.15) is 6.10 Å². The summed E-state index contributed by atoms with van der Waals surface area (Å²) in [5, 5.41) is 9.31. The maximum absolute atomic E-state index is 10.8. The van der Waals surface area contributed by atoms with Gasteiger partial charge in [-0.3, -0.25) is 0 Å². The Hall–Kier alpha value is -0.830. The first-order valence-electron chi connectivity index (χ1n) is 6.16. The molecule has 0 radical (unpaired) electrons. The average Bonchev–Trinajstić information content (AvgIpc) is 2.63. The van der Waals surface area contributed by atoms with Crippen molar-refractivity contribution in [3.8, 4) is 0 Å². The highest BCUT2D eigenvalue weighted by Gasteiger charge is 2.15. The Morgan fingerprint density at radius 1 is 1.38 bits per heavy atom. The summed E-state index contributed by atoms with van der Waals surface area (Å²) in [5.74, 6) is 0.164. The predicted octanol–water partition coefficient (Wildman–Crippen LogP) is 2.44. The zero-order valence-corrected chi connectivity index (χ0v) is 10.2. The van der Waals surface area contributed by atoms with E-state index in [1.807, 2.05) is 13.0 Å². The van der Waals surface area contributed by atoms with Gasteiger partial charge in [0, 0.05) is 6.08 Å². The van der Waals surface area contributed by atoms with Crippen LogP contribution in [-0.2, 0) is 9.53 Å². The van der Waals surface area contributed by atoms with Crippen LogP contribution in [0, 0.1) is 5.92 Å². The van der Waals surface area contributed by atoms with Gasteiger partial charge in [0.15, 0.2) is 0 Å². The Balaban J connectivity index is 1.96. The Morgan fingerprint density at radius 2 is 2.12 bits per heavy atom. The third kappa shape index (κ3) is 4.79. The molecule has 0 aromatic carbocycles. The van der Waals surface area contributed by atoms with Crippen molar-refractivity contribution in [1.82, 2.24) is 0 Å². The molecule has 0 saturated heterocycles.